The standard InChI is InChI=1S/C24H51O9P/c1-10-13-16-25-19(4)28-22(7)31-34(32-23(8)29-20(5)26-17-14-11-2)33-24(9)30-21(6)27-18-15-12-3/h19-24H,10-18H2,1-9H3. The maximum Gasteiger partial charge on any atom is 0.339 e. The lowest BCUT2D eigenvalue weighted by atomic mass is 10.4. The van der Waals surface area contributed by atoms with Crippen LogP contribution in [-0.2, 0) is 42.0 Å². The van der Waals surface area contributed by atoms with Crippen LogP contribution >= 0.6 is 8.60 Å². The first-order chi connectivity index (χ1) is 16.2. The monoisotopic (exact) mass is 514 g/mol. The van der Waals surface area contributed by atoms with E-state index in [1.165, 1.54) is 0 Å². The third-order valence-electron chi connectivity index (χ3n) is 4.40. The fraction of sp³-hybridized carbons (Fsp3) is 1.00. The maximum atomic E-state index is 5.91. The Morgan fingerprint density at radius 2 is 0.706 bits per heavy atom. The lowest BCUT2D eigenvalue weighted by molar-refractivity contribution is -0.235. The zero-order valence-electron chi connectivity index (χ0n) is 22.9. The molecule has 0 radical (unpaired) electrons. The Labute approximate surface area is 209 Å². The summed E-state index contributed by atoms with van der Waals surface area (Å²) in [6.45, 7) is 19.0. The Bertz CT molecular complexity index is 385. The lowest BCUT2D eigenvalue weighted by Crippen LogP contribution is -2.26. The summed E-state index contributed by atoms with van der Waals surface area (Å²) in [5.74, 6) is 0. The fourth-order valence-corrected chi connectivity index (χ4v) is 3.65. The number of ether oxygens (including phenoxy) is 6. The van der Waals surface area contributed by atoms with Gasteiger partial charge in [-0.1, -0.05) is 40.0 Å². The summed E-state index contributed by atoms with van der Waals surface area (Å²) in [4.78, 5) is 0. The van der Waals surface area contributed by atoms with E-state index in [0.717, 1.165) is 38.5 Å². The third kappa shape index (κ3) is 20.3. The minimum absolute atomic E-state index is 0.417. The molecule has 0 aliphatic rings. The summed E-state index contributed by atoms with van der Waals surface area (Å²) in [7, 11) is -1.86. The SMILES string of the molecule is CCCCOC(C)OC(C)OP(OC(C)OC(C)OCCCC)OC(C)OC(C)OCCCC. The summed E-state index contributed by atoms with van der Waals surface area (Å²) in [5.41, 5.74) is 0. The van der Waals surface area contributed by atoms with Crippen molar-refractivity contribution in [3.8, 4) is 0 Å². The number of unbranched alkanes of at least 4 members (excludes halogenated alkanes) is 3. The van der Waals surface area contributed by atoms with Gasteiger partial charge in [0.15, 0.2) is 37.7 Å². The number of hydrogen-bond donors (Lipinski definition) is 0. The molecule has 0 amide bonds. The van der Waals surface area contributed by atoms with E-state index >= 15 is 0 Å². The van der Waals surface area contributed by atoms with Crippen LogP contribution in [0.2, 0.25) is 0 Å². The molecule has 0 aromatic carbocycles. The van der Waals surface area contributed by atoms with Gasteiger partial charge < -0.3 is 28.4 Å². The lowest BCUT2D eigenvalue weighted by Gasteiger charge is -2.28. The molecule has 6 unspecified atom stereocenters. The molecule has 0 fully saturated rings. The predicted molar refractivity (Wildman–Crippen MR) is 133 cm³/mol. The molecule has 0 aromatic heterocycles. The summed E-state index contributed by atoms with van der Waals surface area (Å²) >= 11 is 0. The zero-order chi connectivity index (χ0) is 25.8. The Morgan fingerprint density at radius 3 is 0.941 bits per heavy atom. The molecule has 34 heavy (non-hydrogen) atoms. The average Bonchev–Trinajstić information content (AvgIpc) is 2.73. The molecule has 206 valence electrons. The van der Waals surface area contributed by atoms with E-state index in [9.17, 15) is 0 Å². The van der Waals surface area contributed by atoms with E-state index < -0.39 is 46.3 Å². The van der Waals surface area contributed by atoms with Crippen LogP contribution in [0.4, 0.5) is 0 Å². The van der Waals surface area contributed by atoms with Gasteiger partial charge in [-0.2, -0.15) is 0 Å². The van der Waals surface area contributed by atoms with Gasteiger partial charge in [0, 0.05) is 19.8 Å². The van der Waals surface area contributed by atoms with Gasteiger partial charge in [0.2, 0.25) is 0 Å². The predicted octanol–water partition coefficient (Wildman–Crippen LogP) is 6.84. The van der Waals surface area contributed by atoms with Gasteiger partial charge in [-0.3, -0.25) is 13.6 Å². The van der Waals surface area contributed by atoms with Crippen LogP contribution in [0.25, 0.3) is 0 Å². The largest absolute Gasteiger partial charge is 0.353 e. The first-order valence-corrected chi connectivity index (χ1v) is 13.9. The van der Waals surface area contributed by atoms with Gasteiger partial charge in [-0.15, -0.1) is 0 Å². The minimum atomic E-state index is -1.86. The molecule has 0 saturated carbocycles. The van der Waals surface area contributed by atoms with E-state index in [2.05, 4.69) is 20.8 Å². The van der Waals surface area contributed by atoms with Crippen molar-refractivity contribution in [3.63, 3.8) is 0 Å². The van der Waals surface area contributed by atoms with Crippen LogP contribution in [-0.4, -0.2) is 57.6 Å². The molecule has 6 atom stereocenters. The van der Waals surface area contributed by atoms with Crippen molar-refractivity contribution in [3.05, 3.63) is 0 Å². The van der Waals surface area contributed by atoms with Gasteiger partial charge in [0.1, 0.15) is 0 Å². The molecule has 10 heteroatoms. The van der Waals surface area contributed by atoms with Crippen molar-refractivity contribution in [2.75, 3.05) is 19.8 Å². The van der Waals surface area contributed by atoms with Crippen molar-refractivity contribution < 1.29 is 42.0 Å². The van der Waals surface area contributed by atoms with Gasteiger partial charge in [0.05, 0.1) is 0 Å². The van der Waals surface area contributed by atoms with Crippen LogP contribution in [0, 0.1) is 0 Å². The van der Waals surface area contributed by atoms with Crippen molar-refractivity contribution in [2.24, 2.45) is 0 Å². The Hall–Kier alpha value is 0.0700. The molecule has 0 heterocycles. The summed E-state index contributed by atoms with van der Waals surface area (Å²) in [5, 5.41) is 0. The first kappa shape index (κ1) is 34.1. The minimum Gasteiger partial charge on any atom is -0.353 e. The smallest absolute Gasteiger partial charge is 0.339 e. The topological polar surface area (TPSA) is 83.1 Å². The fourth-order valence-electron chi connectivity index (χ4n) is 2.62. The summed E-state index contributed by atoms with van der Waals surface area (Å²) in [6, 6.07) is 0. The van der Waals surface area contributed by atoms with E-state index in [1.54, 1.807) is 20.8 Å². The normalized spacial score (nSPS) is 18.3. The van der Waals surface area contributed by atoms with Gasteiger partial charge in [-0.05, 0) is 60.8 Å². The van der Waals surface area contributed by atoms with Crippen molar-refractivity contribution in [1.82, 2.24) is 0 Å². The molecular formula is C24H51O9P. The van der Waals surface area contributed by atoms with Crippen LogP contribution in [0.5, 0.6) is 0 Å². The van der Waals surface area contributed by atoms with Crippen molar-refractivity contribution >= 4 is 8.60 Å². The van der Waals surface area contributed by atoms with Gasteiger partial charge in [0.25, 0.3) is 0 Å². The molecule has 0 spiro atoms. The quantitative estimate of drug-likeness (QED) is 0.0781. The van der Waals surface area contributed by atoms with Crippen LogP contribution < -0.4 is 0 Å². The van der Waals surface area contributed by atoms with Gasteiger partial charge >= 0.3 is 8.60 Å². The Kier molecular flexibility index (Phi) is 22.3. The zero-order valence-corrected chi connectivity index (χ0v) is 23.8. The van der Waals surface area contributed by atoms with Gasteiger partial charge in [-0.25, -0.2) is 0 Å². The van der Waals surface area contributed by atoms with Crippen molar-refractivity contribution in [1.29, 1.82) is 0 Å². The second-order valence-electron chi connectivity index (χ2n) is 8.03. The highest BCUT2D eigenvalue weighted by Crippen LogP contribution is 2.44. The molecule has 0 bridgehead atoms. The second kappa shape index (κ2) is 22.3. The first-order valence-electron chi connectivity index (χ1n) is 12.8. The van der Waals surface area contributed by atoms with E-state index in [1.807, 2.05) is 20.8 Å². The third-order valence-corrected chi connectivity index (χ3v) is 5.81. The van der Waals surface area contributed by atoms with Crippen LogP contribution in [0.3, 0.4) is 0 Å². The second-order valence-corrected chi connectivity index (χ2v) is 9.11. The molecule has 9 nitrogen and oxygen atoms in total. The maximum absolute atomic E-state index is 5.91. The summed E-state index contributed by atoms with van der Waals surface area (Å²) in [6.07, 6.45) is 2.97. The van der Waals surface area contributed by atoms with Crippen LogP contribution in [0.15, 0.2) is 0 Å². The molecule has 0 aliphatic carbocycles. The molecule has 0 aliphatic heterocycles. The highest BCUT2D eigenvalue weighted by molar-refractivity contribution is 7.41. The van der Waals surface area contributed by atoms with Crippen molar-refractivity contribution in [2.45, 2.75) is 139 Å². The Morgan fingerprint density at radius 1 is 0.441 bits per heavy atom. The molecule has 0 aromatic rings. The van der Waals surface area contributed by atoms with E-state index in [-0.39, 0.29) is 0 Å². The summed E-state index contributed by atoms with van der Waals surface area (Å²) < 4.78 is 51.9. The highest BCUT2D eigenvalue weighted by Gasteiger charge is 2.26. The molecule has 0 saturated heterocycles. The average molecular weight is 515 g/mol. The van der Waals surface area contributed by atoms with E-state index in [0.29, 0.717) is 19.8 Å². The number of rotatable bonds is 24. The van der Waals surface area contributed by atoms with E-state index in [4.69, 9.17) is 42.0 Å². The molecule has 0 rings (SSSR count). The Balaban J connectivity index is 4.79. The number of hydrogen-bond acceptors (Lipinski definition) is 9. The molecular weight excluding hydrogens is 463 g/mol. The van der Waals surface area contributed by atoms with Crippen LogP contribution in [0.1, 0.15) is 101 Å². The highest BCUT2D eigenvalue weighted by atomic mass is 31.2. The molecule has 0 N–H and O–H groups in total.